The number of aromatic nitrogens is 4. The van der Waals surface area contributed by atoms with Crippen molar-refractivity contribution in [2.45, 2.75) is 6.54 Å². The first-order valence-electron chi connectivity index (χ1n) is 8.68. The van der Waals surface area contributed by atoms with Crippen LogP contribution in [-0.4, -0.2) is 39.1 Å². The molecule has 0 atom stereocenters. The molecular formula is C19H18FN5O3. The summed E-state index contributed by atoms with van der Waals surface area (Å²) in [6, 6.07) is 9.26. The minimum Gasteiger partial charge on any atom is -0.486 e. The van der Waals surface area contributed by atoms with Gasteiger partial charge in [-0.25, -0.2) is 23.4 Å². The molecule has 1 aliphatic heterocycles. The van der Waals surface area contributed by atoms with E-state index in [9.17, 15) is 9.18 Å². The molecule has 9 heteroatoms. The molecule has 0 bridgehead atoms. The second-order valence-corrected chi connectivity index (χ2v) is 6.17. The van der Waals surface area contributed by atoms with Crippen molar-refractivity contribution in [3.05, 3.63) is 65.2 Å². The summed E-state index contributed by atoms with van der Waals surface area (Å²) < 4.78 is 26.3. The lowest BCUT2D eigenvalue weighted by molar-refractivity contribution is 0.171. The number of nitrogens with zero attached hydrogens (tertiary/aromatic N) is 4. The van der Waals surface area contributed by atoms with Crippen LogP contribution in [0.4, 0.5) is 4.39 Å². The van der Waals surface area contributed by atoms with Crippen LogP contribution >= 0.6 is 0 Å². The van der Waals surface area contributed by atoms with E-state index in [2.05, 4.69) is 10.1 Å². The highest BCUT2D eigenvalue weighted by Gasteiger charge is 2.14. The van der Waals surface area contributed by atoms with Crippen LogP contribution in [0, 0.1) is 0 Å². The van der Waals surface area contributed by atoms with Gasteiger partial charge in [0.1, 0.15) is 25.4 Å². The number of nitrogens with two attached hydrogens (primary N) is 1. The molecule has 3 heterocycles. The molecule has 0 aliphatic carbocycles. The summed E-state index contributed by atoms with van der Waals surface area (Å²) in [7, 11) is 0. The van der Waals surface area contributed by atoms with Gasteiger partial charge < -0.3 is 15.2 Å². The molecule has 0 saturated heterocycles. The highest BCUT2D eigenvalue weighted by molar-refractivity contribution is 5.68. The molecule has 144 valence electrons. The van der Waals surface area contributed by atoms with Crippen LogP contribution in [0.3, 0.4) is 0 Å². The Morgan fingerprint density at radius 2 is 1.96 bits per heavy atom. The maximum Gasteiger partial charge on any atom is 0.351 e. The molecule has 4 rings (SSSR count). The van der Waals surface area contributed by atoms with Gasteiger partial charge in [0.05, 0.1) is 12.9 Å². The van der Waals surface area contributed by atoms with E-state index >= 15 is 0 Å². The van der Waals surface area contributed by atoms with E-state index in [0.29, 0.717) is 36.9 Å². The van der Waals surface area contributed by atoms with Crippen molar-refractivity contribution >= 4 is 0 Å². The Bertz CT molecular complexity index is 1090. The fourth-order valence-electron chi connectivity index (χ4n) is 2.89. The molecule has 0 unspecified atom stereocenters. The van der Waals surface area contributed by atoms with Crippen molar-refractivity contribution in [3.8, 4) is 28.4 Å². The fraction of sp³-hybridized carbons (Fsp3) is 0.211. The van der Waals surface area contributed by atoms with E-state index in [0.717, 1.165) is 15.8 Å². The molecule has 8 nitrogen and oxygen atoms in total. The first kappa shape index (κ1) is 17.9. The number of hydrogen-bond donors (Lipinski definition) is 1. The Kier molecular flexibility index (Phi) is 4.90. The minimum atomic E-state index is -0.431. The summed E-state index contributed by atoms with van der Waals surface area (Å²) in [5, 5.41) is 4.02. The Morgan fingerprint density at radius 3 is 2.75 bits per heavy atom. The van der Waals surface area contributed by atoms with E-state index in [-0.39, 0.29) is 18.7 Å². The van der Waals surface area contributed by atoms with Gasteiger partial charge >= 0.3 is 5.69 Å². The first-order chi connectivity index (χ1) is 13.7. The first-order valence-corrected chi connectivity index (χ1v) is 8.68. The van der Waals surface area contributed by atoms with Gasteiger partial charge in [-0.05, 0) is 41.0 Å². The van der Waals surface area contributed by atoms with Crippen molar-refractivity contribution in [2.75, 3.05) is 19.8 Å². The van der Waals surface area contributed by atoms with Gasteiger partial charge in [0.15, 0.2) is 11.5 Å². The third-order valence-corrected chi connectivity index (χ3v) is 4.37. The fourth-order valence-corrected chi connectivity index (χ4v) is 2.89. The number of rotatable bonds is 5. The summed E-state index contributed by atoms with van der Waals surface area (Å²) in [4.78, 5) is 16.8. The normalized spacial score (nSPS) is 13.6. The number of fused-ring (bicyclic) bond motifs is 1. The molecule has 2 N–H and O–H groups in total. The summed E-state index contributed by atoms with van der Waals surface area (Å²) in [6.45, 7) is 1.03. The summed E-state index contributed by atoms with van der Waals surface area (Å²) in [5.41, 5.74) is 7.04. The van der Waals surface area contributed by atoms with Crippen LogP contribution in [0.25, 0.3) is 16.9 Å². The summed E-state index contributed by atoms with van der Waals surface area (Å²) in [6.07, 6.45) is 3.36. The van der Waals surface area contributed by atoms with Gasteiger partial charge in [0, 0.05) is 12.7 Å². The topological polar surface area (TPSA) is 97.2 Å². The lowest BCUT2D eigenvalue weighted by Gasteiger charge is -2.19. The van der Waals surface area contributed by atoms with Gasteiger partial charge in [-0.2, -0.15) is 5.10 Å². The molecular weight excluding hydrogens is 365 g/mol. The number of hydrogen-bond acceptors (Lipinski definition) is 6. The van der Waals surface area contributed by atoms with Crippen molar-refractivity contribution < 1.29 is 13.9 Å². The van der Waals surface area contributed by atoms with E-state index in [4.69, 9.17) is 15.2 Å². The number of benzene rings is 1. The van der Waals surface area contributed by atoms with Gasteiger partial charge in [-0.3, -0.25) is 0 Å². The zero-order valence-corrected chi connectivity index (χ0v) is 14.9. The van der Waals surface area contributed by atoms with Crippen LogP contribution in [0.1, 0.15) is 0 Å². The van der Waals surface area contributed by atoms with E-state index in [1.54, 1.807) is 12.3 Å². The second-order valence-electron chi connectivity index (χ2n) is 6.17. The van der Waals surface area contributed by atoms with Crippen LogP contribution in [-0.2, 0) is 6.54 Å². The zero-order valence-electron chi connectivity index (χ0n) is 14.9. The summed E-state index contributed by atoms with van der Waals surface area (Å²) >= 11 is 0. The SMILES string of the molecule is NC/C(=C\F)Cn1ncn(-c2cc(-c3ccc4c(c3)OCCO4)ccn2)c1=O. The number of ether oxygens (including phenoxy) is 2. The van der Waals surface area contributed by atoms with Crippen LogP contribution in [0.2, 0.25) is 0 Å². The largest absolute Gasteiger partial charge is 0.486 e. The Morgan fingerprint density at radius 1 is 1.18 bits per heavy atom. The molecule has 28 heavy (non-hydrogen) atoms. The van der Waals surface area contributed by atoms with E-state index in [1.807, 2.05) is 24.3 Å². The van der Waals surface area contributed by atoms with Crippen LogP contribution < -0.4 is 20.9 Å². The second kappa shape index (κ2) is 7.65. The van der Waals surface area contributed by atoms with Crippen molar-refractivity contribution in [1.29, 1.82) is 0 Å². The lowest BCUT2D eigenvalue weighted by atomic mass is 10.1. The van der Waals surface area contributed by atoms with E-state index < -0.39 is 5.69 Å². The Hall–Kier alpha value is -3.46. The standard InChI is InChI=1S/C19H18FN5O3/c20-9-13(10-21)11-25-19(26)24(12-23-25)18-8-15(3-4-22-18)14-1-2-16-17(7-14)28-6-5-27-16/h1-4,7-9,12H,5-6,10-11,21H2/b13-9+. The average molecular weight is 383 g/mol. The predicted octanol–water partition coefficient (Wildman–Crippen LogP) is 1.68. The van der Waals surface area contributed by atoms with E-state index in [1.165, 1.54) is 10.9 Å². The zero-order chi connectivity index (χ0) is 19.5. The van der Waals surface area contributed by atoms with Gasteiger partial charge in [0.25, 0.3) is 0 Å². The van der Waals surface area contributed by atoms with Crippen molar-refractivity contribution in [1.82, 2.24) is 19.3 Å². The molecule has 1 aromatic carbocycles. The molecule has 0 fully saturated rings. The van der Waals surface area contributed by atoms with Gasteiger partial charge in [-0.15, -0.1) is 0 Å². The number of pyridine rings is 1. The molecule has 0 amide bonds. The maximum atomic E-state index is 12.7. The molecule has 2 aromatic heterocycles. The third-order valence-electron chi connectivity index (χ3n) is 4.37. The highest BCUT2D eigenvalue weighted by atomic mass is 19.1. The molecule has 1 aliphatic rings. The van der Waals surface area contributed by atoms with Crippen LogP contribution in [0.15, 0.2) is 59.6 Å². The van der Waals surface area contributed by atoms with Crippen molar-refractivity contribution in [2.24, 2.45) is 5.73 Å². The quantitative estimate of drug-likeness (QED) is 0.720. The van der Waals surface area contributed by atoms with Crippen molar-refractivity contribution in [3.63, 3.8) is 0 Å². The monoisotopic (exact) mass is 383 g/mol. The summed E-state index contributed by atoms with van der Waals surface area (Å²) in [5.74, 6) is 1.79. The predicted molar refractivity (Wildman–Crippen MR) is 100 cm³/mol. The minimum absolute atomic E-state index is 0.00759. The highest BCUT2D eigenvalue weighted by Crippen LogP contribution is 2.34. The molecule has 0 saturated carbocycles. The molecule has 3 aromatic rings. The smallest absolute Gasteiger partial charge is 0.351 e. The Labute approximate surface area is 159 Å². The lowest BCUT2D eigenvalue weighted by Crippen LogP contribution is -2.26. The van der Waals surface area contributed by atoms with Gasteiger partial charge in [0.2, 0.25) is 0 Å². The maximum absolute atomic E-state index is 12.7. The average Bonchev–Trinajstić information content (AvgIpc) is 3.11. The van der Waals surface area contributed by atoms with Gasteiger partial charge in [-0.1, -0.05) is 6.07 Å². The Balaban J connectivity index is 1.67. The molecule has 0 radical (unpaired) electrons. The number of halogens is 1. The van der Waals surface area contributed by atoms with Crippen LogP contribution in [0.5, 0.6) is 11.5 Å². The molecule has 0 spiro atoms. The third kappa shape index (κ3) is 3.39.